The van der Waals surface area contributed by atoms with Gasteiger partial charge in [0.2, 0.25) is 0 Å². The lowest BCUT2D eigenvalue weighted by Crippen LogP contribution is -2.03. The zero-order valence-corrected chi connectivity index (χ0v) is 12.5. The van der Waals surface area contributed by atoms with Crippen LogP contribution in [-0.2, 0) is 6.54 Å². The Bertz CT molecular complexity index is 530. The molecule has 2 aromatic rings. The van der Waals surface area contributed by atoms with Crippen LogP contribution < -0.4 is 5.73 Å². The van der Waals surface area contributed by atoms with Crippen molar-refractivity contribution in [2.75, 3.05) is 5.75 Å². The van der Waals surface area contributed by atoms with Crippen LogP contribution in [0.2, 0.25) is 0 Å². The largest absolute Gasteiger partial charge is 0.325 e. The molecule has 2 nitrogen and oxygen atoms in total. The van der Waals surface area contributed by atoms with Gasteiger partial charge < -0.3 is 5.73 Å². The van der Waals surface area contributed by atoms with Gasteiger partial charge in [0.05, 0.1) is 15.8 Å². The summed E-state index contributed by atoms with van der Waals surface area (Å²) in [6.07, 6.45) is 3.94. The molecule has 4 heteroatoms. The van der Waals surface area contributed by atoms with Crippen molar-refractivity contribution in [1.82, 2.24) is 4.98 Å². The molecule has 1 fully saturated rings. The monoisotopic (exact) mass is 290 g/mol. The summed E-state index contributed by atoms with van der Waals surface area (Å²) in [6, 6.07) is 10.5. The van der Waals surface area contributed by atoms with E-state index in [1.165, 1.54) is 40.5 Å². The molecule has 0 saturated carbocycles. The van der Waals surface area contributed by atoms with E-state index in [1.54, 1.807) is 0 Å². The number of thioether (sulfide) groups is 1. The molecule has 0 amide bonds. The molecule has 1 saturated heterocycles. The molecule has 100 valence electrons. The number of thiazole rings is 1. The van der Waals surface area contributed by atoms with Crippen LogP contribution in [0.15, 0.2) is 30.3 Å². The molecular weight excluding hydrogens is 272 g/mol. The van der Waals surface area contributed by atoms with Crippen LogP contribution in [0, 0.1) is 0 Å². The highest BCUT2D eigenvalue weighted by Crippen LogP contribution is 2.42. The Kier molecular flexibility index (Phi) is 4.21. The van der Waals surface area contributed by atoms with Crippen LogP contribution >= 0.6 is 23.1 Å². The van der Waals surface area contributed by atoms with Gasteiger partial charge in [-0.05, 0) is 24.2 Å². The summed E-state index contributed by atoms with van der Waals surface area (Å²) < 4.78 is 0. The SMILES string of the molecule is NCc1nc(C2CCCCS2)sc1-c1ccccc1. The molecule has 1 unspecified atom stereocenters. The van der Waals surface area contributed by atoms with Crippen LogP contribution in [0.1, 0.15) is 35.2 Å². The minimum atomic E-state index is 0.526. The molecule has 19 heavy (non-hydrogen) atoms. The maximum Gasteiger partial charge on any atom is 0.107 e. The van der Waals surface area contributed by atoms with Crippen molar-refractivity contribution < 1.29 is 0 Å². The summed E-state index contributed by atoms with van der Waals surface area (Å²) in [4.78, 5) is 6.06. The predicted octanol–water partition coefficient (Wildman–Crippen LogP) is 4.23. The Labute approximate surface area is 122 Å². The first-order valence-corrected chi connectivity index (χ1v) is 8.61. The van der Waals surface area contributed by atoms with E-state index in [0.29, 0.717) is 11.8 Å². The Balaban J connectivity index is 1.94. The molecule has 1 aliphatic heterocycles. The van der Waals surface area contributed by atoms with Crippen molar-refractivity contribution >= 4 is 23.1 Å². The second-order valence-corrected chi connectivity index (χ2v) is 7.09. The van der Waals surface area contributed by atoms with E-state index in [9.17, 15) is 0 Å². The third-order valence-electron chi connectivity index (χ3n) is 3.40. The van der Waals surface area contributed by atoms with Gasteiger partial charge >= 0.3 is 0 Å². The maximum atomic E-state index is 5.87. The highest BCUT2D eigenvalue weighted by atomic mass is 32.2. The van der Waals surface area contributed by atoms with Gasteiger partial charge in [0, 0.05) is 6.54 Å². The Morgan fingerprint density at radius 3 is 2.74 bits per heavy atom. The first-order chi connectivity index (χ1) is 9.38. The van der Waals surface area contributed by atoms with Crippen molar-refractivity contribution in [1.29, 1.82) is 0 Å². The normalized spacial score (nSPS) is 19.5. The van der Waals surface area contributed by atoms with E-state index < -0.39 is 0 Å². The smallest absolute Gasteiger partial charge is 0.107 e. The fraction of sp³-hybridized carbons (Fsp3) is 0.400. The van der Waals surface area contributed by atoms with E-state index in [4.69, 9.17) is 10.7 Å². The molecule has 1 aromatic heterocycles. The number of nitrogens with zero attached hydrogens (tertiary/aromatic N) is 1. The van der Waals surface area contributed by atoms with Crippen molar-refractivity contribution in [3.63, 3.8) is 0 Å². The van der Waals surface area contributed by atoms with Crippen LogP contribution in [0.4, 0.5) is 0 Å². The van der Waals surface area contributed by atoms with Crippen LogP contribution in [0.25, 0.3) is 10.4 Å². The fourth-order valence-corrected chi connectivity index (χ4v) is 5.04. The third kappa shape index (κ3) is 2.86. The highest BCUT2D eigenvalue weighted by molar-refractivity contribution is 7.99. The van der Waals surface area contributed by atoms with E-state index in [2.05, 4.69) is 36.0 Å². The highest BCUT2D eigenvalue weighted by Gasteiger charge is 2.21. The van der Waals surface area contributed by atoms with Crippen molar-refractivity contribution in [2.45, 2.75) is 31.1 Å². The predicted molar refractivity (Wildman–Crippen MR) is 84.5 cm³/mol. The Morgan fingerprint density at radius 1 is 1.21 bits per heavy atom. The molecular formula is C15H18N2S2. The molecule has 0 aliphatic carbocycles. The molecule has 0 spiro atoms. The summed E-state index contributed by atoms with van der Waals surface area (Å²) in [6.45, 7) is 0.526. The van der Waals surface area contributed by atoms with Crippen molar-refractivity contribution in [2.24, 2.45) is 5.73 Å². The number of rotatable bonds is 3. The second kappa shape index (κ2) is 6.07. The first kappa shape index (κ1) is 13.2. The Morgan fingerprint density at radius 2 is 2.05 bits per heavy atom. The zero-order valence-electron chi connectivity index (χ0n) is 10.8. The van der Waals surface area contributed by atoms with Gasteiger partial charge in [-0.3, -0.25) is 0 Å². The second-order valence-electron chi connectivity index (χ2n) is 4.75. The lowest BCUT2D eigenvalue weighted by molar-refractivity contribution is 0.682. The van der Waals surface area contributed by atoms with Gasteiger partial charge in [-0.2, -0.15) is 11.8 Å². The average molecular weight is 290 g/mol. The van der Waals surface area contributed by atoms with E-state index >= 15 is 0 Å². The lowest BCUT2D eigenvalue weighted by Gasteiger charge is -2.18. The van der Waals surface area contributed by atoms with Crippen LogP contribution in [0.3, 0.4) is 0 Å². The lowest BCUT2D eigenvalue weighted by atomic mass is 10.1. The van der Waals surface area contributed by atoms with Crippen molar-refractivity contribution in [3.05, 3.63) is 41.0 Å². The quantitative estimate of drug-likeness (QED) is 0.919. The minimum absolute atomic E-state index is 0.526. The van der Waals surface area contributed by atoms with Gasteiger partial charge in [-0.1, -0.05) is 36.8 Å². The van der Waals surface area contributed by atoms with E-state index in [-0.39, 0.29) is 0 Å². The average Bonchev–Trinajstić information content (AvgIpc) is 2.93. The van der Waals surface area contributed by atoms with Crippen LogP contribution in [-0.4, -0.2) is 10.7 Å². The van der Waals surface area contributed by atoms with Crippen molar-refractivity contribution in [3.8, 4) is 10.4 Å². The molecule has 0 bridgehead atoms. The van der Waals surface area contributed by atoms with Crippen LogP contribution in [0.5, 0.6) is 0 Å². The topological polar surface area (TPSA) is 38.9 Å². The van der Waals surface area contributed by atoms with E-state index in [1.807, 2.05) is 17.4 Å². The Hall–Kier alpha value is -0.840. The summed E-state index contributed by atoms with van der Waals surface area (Å²) in [5, 5.41) is 1.85. The first-order valence-electron chi connectivity index (χ1n) is 6.75. The summed E-state index contributed by atoms with van der Waals surface area (Å²) in [5.41, 5.74) is 8.16. The van der Waals surface area contributed by atoms with Gasteiger partial charge in [-0.25, -0.2) is 4.98 Å². The maximum absolute atomic E-state index is 5.87. The fourth-order valence-electron chi connectivity index (χ4n) is 2.40. The number of benzene rings is 1. The number of hydrogen-bond acceptors (Lipinski definition) is 4. The zero-order chi connectivity index (χ0) is 13.1. The number of hydrogen-bond donors (Lipinski definition) is 1. The summed E-state index contributed by atoms with van der Waals surface area (Å²) in [7, 11) is 0. The summed E-state index contributed by atoms with van der Waals surface area (Å²) >= 11 is 3.88. The van der Waals surface area contributed by atoms with E-state index in [0.717, 1.165) is 5.69 Å². The van der Waals surface area contributed by atoms with Gasteiger partial charge in [-0.15, -0.1) is 11.3 Å². The third-order valence-corrected chi connectivity index (χ3v) is 6.19. The van der Waals surface area contributed by atoms with Gasteiger partial charge in [0.15, 0.2) is 0 Å². The van der Waals surface area contributed by atoms with Gasteiger partial charge in [0.25, 0.3) is 0 Å². The molecule has 2 heterocycles. The minimum Gasteiger partial charge on any atom is -0.325 e. The molecule has 2 N–H and O–H groups in total. The standard InChI is InChI=1S/C15H18N2S2/c16-10-12-14(11-6-2-1-3-7-11)19-15(17-12)13-8-4-5-9-18-13/h1-3,6-7,13H,4-5,8-10,16H2. The van der Waals surface area contributed by atoms with Gasteiger partial charge in [0.1, 0.15) is 5.01 Å². The summed E-state index contributed by atoms with van der Waals surface area (Å²) in [5.74, 6) is 1.27. The molecule has 0 radical (unpaired) electrons. The number of aromatic nitrogens is 1. The molecule has 3 rings (SSSR count). The molecule has 1 aliphatic rings. The molecule has 1 atom stereocenters. The molecule has 1 aromatic carbocycles. The number of nitrogens with two attached hydrogens (primary N) is 1.